The number of urea groups is 1. The Hall–Kier alpha value is -3.35. The summed E-state index contributed by atoms with van der Waals surface area (Å²) in [4.78, 5) is 36.6. The SMILES string of the molecule is COC(=O)C(Cc1ccccc1)NC(=O)NC(Cc1ccccc1)C(=O)OC. The molecule has 0 radical (unpaired) electrons. The second-order valence-electron chi connectivity index (χ2n) is 6.15. The van der Waals surface area contributed by atoms with Gasteiger partial charge in [0.1, 0.15) is 12.1 Å². The van der Waals surface area contributed by atoms with E-state index < -0.39 is 30.1 Å². The summed E-state index contributed by atoms with van der Waals surface area (Å²) in [7, 11) is 2.51. The highest BCUT2D eigenvalue weighted by molar-refractivity contribution is 5.87. The Morgan fingerprint density at radius 1 is 0.714 bits per heavy atom. The van der Waals surface area contributed by atoms with Gasteiger partial charge < -0.3 is 20.1 Å². The molecule has 28 heavy (non-hydrogen) atoms. The number of amides is 2. The zero-order valence-electron chi connectivity index (χ0n) is 15.9. The molecule has 0 aliphatic rings. The molecule has 2 amide bonds. The molecule has 0 aliphatic heterocycles. The van der Waals surface area contributed by atoms with E-state index in [1.165, 1.54) is 14.2 Å². The molecule has 0 saturated heterocycles. The number of esters is 2. The van der Waals surface area contributed by atoms with Gasteiger partial charge in [0, 0.05) is 12.8 Å². The van der Waals surface area contributed by atoms with Crippen LogP contribution in [0.15, 0.2) is 60.7 Å². The fraction of sp³-hybridized carbons (Fsp3) is 0.286. The van der Waals surface area contributed by atoms with Gasteiger partial charge in [-0.2, -0.15) is 0 Å². The van der Waals surface area contributed by atoms with E-state index >= 15 is 0 Å². The Morgan fingerprint density at radius 2 is 1.07 bits per heavy atom. The molecule has 7 nitrogen and oxygen atoms in total. The van der Waals surface area contributed by atoms with Crippen molar-refractivity contribution < 1.29 is 23.9 Å². The summed E-state index contributed by atoms with van der Waals surface area (Å²) >= 11 is 0. The molecule has 2 unspecified atom stereocenters. The van der Waals surface area contributed by atoms with E-state index in [0.717, 1.165) is 11.1 Å². The maximum Gasteiger partial charge on any atom is 0.328 e. The van der Waals surface area contributed by atoms with Gasteiger partial charge in [0.25, 0.3) is 0 Å². The number of benzene rings is 2. The quantitative estimate of drug-likeness (QED) is 0.678. The first-order valence-corrected chi connectivity index (χ1v) is 8.84. The number of hydrogen-bond acceptors (Lipinski definition) is 5. The minimum atomic E-state index is -0.887. The number of nitrogens with one attached hydrogen (secondary N) is 2. The maximum absolute atomic E-state index is 12.4. The third-order valence-electron chi connectivity index (χ3n) is 4.15. The van der Waals surface area contributed by atoms with Crippen molar-refractivity contribution in [3.63, 3.8) is 0 Å². The molecular formula is C21H24N2O5. The highest BCUT2D eigenvalue weighted by Gasteiger charge is 2.26. The minimum absolute atomic E-state index is 0.266. The average molecular weight is 384 g/mol. The first kappa shape index (κ1) is 21.0. The monoisotopic (exact) mass is 384 g/mol. The van der Waals surface area contributed by atoms with Crippen molar-refractivity contribution in [3.05, 3.63) is 71.8 Å². The number of carbonyl (C=O) groups excluding carboxylic acids is 3. The zero-order valence-corrected chi connectivity index (χ0v) is 15.9. The van der Waals surface area contributed by atoms with Gasteiger partial charge in [-0.15, -0.1) is 0 Å². The van der Waals surface area contributed by atoms with Gasteiger partial charge in [0.05, 0.1) is 14.2 Å². The predicted octanol–water partition coefficient (Wildman–Crippen LogP) is 1.85. The lowest BCUT2D eigenvalue weighted by Crippen LogP contribution is -2.52. The molecule has 2 aromatic carbocycles. The Kier molecular flexibility index (Phi) is 8.02. The third-order valence-corrected chi connectivity index (χ3v) is 4.15. The van der Waals surface area contributed by atoms with Crippen molar-refractivity contribution in [2.45, 2.75) is 24.9 Å². The molecule has 0 aliphatic carbocycles. The Bertz CT molecular complexity index is 714. The number of hydrogen-bond donors (Lipinski definition) is 2. The Balaban J connectivity index is 2.05. The third kappa shape index (κ3) is 6.42. The number of carbonyl (C=O) groups is 3. The van der Waals surface area contributed by atoms with Crippen LogP contribution in [0.1, 0.15) is 11.1 Å². The van der Waals surface area contributed by atoms with Crippen LogP contribution in [0.25, 0.3) is 0 Å². The van der Waals surface area contributed by atoms with Gasteiger partial charge in [0.2, 0.25) is 0 Å². The highest BCUT2D eigenvalue weighted by Crippen LogP contribution is 2.06. The van der Waals surface area contributed by atoms with E-state index in [4.69, 9.17) is 9.47 Å². The standard InChI is InChI=1S/C21H24N2O5/c1-27-19(24)17(13-15-9-5-3-6-10-15)22-21(26)23-18(20(25)28-2)14-16-11-7-4-8-12-16/h3-12,17-18H,13-14H2,1-2H3,(H2,22,23,26). The molecule has 0 heterocycles. The van der Waals surface area contributed by atoms with Crippen LogP contribution in [0.2, 0.25) is 0 Å². The summed E-state index contributed by atoms with van der Waals surface area (Å²) in [6.07, 6.45) is 0.533. The van der Waals surface area contributed by atoms with Crippen molar-refractivity contribution in [1.29, 1.82) is 0 Å². The van der Waals surface area contributed by atoms with E-state index in [0.29, 0.717) is 0 Å². The lowest BCUT2D eigenvalue weighted by molar-refractivity contribution is -0.143. The first-order chi connectivity index (χ1) is 13.5. The molecule has 0 fully saturated rings. The van der Waals surface area contributed by atoms with Gasteiger partial charge in [-0.1, -0.05) is 60.7 Å². The molecule has 7 heteroatoms. The van der Waals surface area contributed by atoms with Crippen molar-refractivity contribution in [1.82, 2.24) is 10.6 Å². The number of rotatable bonds is 8. The normalized spacial score (nSPS) is 12.4. The smallest absolute Gasteiger partial charge is 0.328 e. The predicted molar refractivity (Wildman–Crippen MR) is 104 cm³/mol. The van der Waals surface area contributed by atoms with Crippen LogP contribution in [-0.2, 0) is 31.9 Å². The van der Waals surface area contributed by atoms with Crippen molar-refractivity contribution >= 4 is 18.0 Å². The van der Waals surface area contributed by atoms with Crippen LogP contribution in [-0.4, -0.2) is 44.3 Å². The Labute approximate surface area is 164 Å². The molecule has 2 atom stereocenters. The molecule has 148 valence electrons. The van der Waals surface area contributed by atoms with E-state index in [2.05, 4.69) is 10.6 Å². The molecule has 0 saturated carbocycles. The summed E-state index contributed by atoms with van der Waals surface area (Å²) in [6.45, 7) is 0. The summed E-state index contributed by atoms with van der Waals surface area (Å²) in [6, 6.07) is 16.1. The summed E-state index contributed by atoms with van der Waals surface area (Å²) < 4.78 is 9.56. The molecule has 0 bridgehead atoms. The number of methoxy groups -OCH3 is 2. The van der Waals surface area contributed by atoms with Crippen molar-refractivity contribution in [2.75, 3.05) is 14.2 Å². The fourth-order valence-corrected chi connectivity index (χ4v) is 2.73. The topological polar surface area (TPSA) is 93.7 Å². The zero-order chi connectivity index (χ0) is 20.4. The van der Waals surface area contributed by atoms with Crippen LogP contribution in [0.4, 0.5) is 4.79 Å². The van der Waals surface area contributed by atoms with Gasteiger partial charge in [-0.05, 0) is 11.1 Å². The molecular weight excluding hydrogens is 360 g/mol. The van der Waals surface area contributed by atoms with Gasteiger partial charge >= 0.3 is 18.0 Å². The minimum Gasteiger partial charge on any atom is -0.467 e. The van der Waals surface area contributed by atoms with E-state index in [1.807, 2.05) is 60.7 Å². The summed E-state index contributed by atoms with van der Waals surface area (Å²) in [5, 5.41) is 5.16. The van der Waals surface area contributed by atoms with Crippen LogP contribution in [0.3, 0.4) is 0 Å². The Morgan fingerprint density at radius 3 is 1.39 bits per heavy atom. The van der Waals surface area contributed by atoms with Gasteiger partial charge in [-0.3, -0.25) is 0 Å². The second-order valence-corrected chi connectivity index (χ2v) is 6.15. The van der Waals surface area contributed by atoms with Crippen molar-refractivity contribution in [3.8, 4) is 0 Å². The second kappa shape index (κ2) is 10.7. The molecule has 2 rings (SSSR count). The molecule has 2 aromatic rings. The average Bonchev–Trinajstić information content (AvgIpc) is 2.73. The lowest BCUT2D eigenvalue weighted by atomic mass is 10.1. The molecule has 2 N–H and O–H groups in total. The van der Waals surface area contributed by atoms with Crippen LogP contribution in [0, 0.1) is 0 Å². The maximum atomic E-state index is 12.4. The van der Waals surface area contributed by atoms with Gasteiger partial charge in [-0.25, -0.2) is 14.4 Å². The van der Waals surface area contributed by atoms with E-state index in [-0.39, 0.29) is 12.8 Å². The first-order valence-electron chi connectivity index (χ1n) is 8.84. The molecule has 0 aromatic heterocycles. The van der Waals surface area contributed by atoms with Crippen LogP contribution >= 0.6 is 0 Å². The van der Waals surface area contributed by atoms with E-state index in [1.54, 1.807) is 0 Å². The van der Waals surface area contributed by atoms with Crippen LogP contribution < -0.4 is 10.6 Å². The lowest BCUT2D eigenvalue weighted by Gasteiger charge is -2.20. The summed E-state index contributed by atoms with van der Waals surface area (Å²) in [5.41, 5.74) is 1.74. The van der Waals surface area contributed by atoms with Gasteiger partial charge in [0.15, 0.2) is 0 Å². The van der Waals surface area contributed by atoms with Crippen molar-refractivity contribution in [2.24, 2.45) is 0 Å². The van der Waals surface area contributed by atoms with E-state index in [9.17, 15) is 14.4 Å². The highest BCUT2D eigenvalue weighted by atomic mass is 16.5. The fourth-order valence-electron chi connectivity index (χ4n) is 2.73. The van der Waals surface area contributed by atoms with Crippen LogP contribution in [0.5, 0.6) is 0 Å². The summed E-state index contributed by atoms with van der Waals surface area (Å²) in [5.74, 6) is -1.15. The molecule has 0 spiro atoms. The number of ether oxygens (including phenoxy) is 2. The largest absolute Gasteiger partial charge is 0.467 e.